The van der Waals surface area contributed by atoms with Crippen molar-refractivity contribution < 1.29 is 19.4 Å². The molecule has 3 N–H and O–H groups in total. The van der Waals surface area contributed by atoms with Crippen molar-refractivity contribution in [2.75, 3.05) is 0 Å². The highest BCUT2D eigenvalue weighted by Crippen LogP contribution is 2.08. The quantitative estimate of drug-likeness (QED) is 0.747. The van der Waals surface area contributed by atoms with Gasteiger partial charge in [-0.3, -0.25) is 4.79 Å². The van der Waals surface area contributed by atoms with E-state index in [0.717, 1.165) is 5.69 Å². The van der Waals surface area contributed by atoms with Crippen LogP contribution in [0.25, 0.3) is 0 Å². The normalized spacial score (nSPS) is 12.8. The molecule has 0 spiro atoms. The number of carbonyl (C=O) groups is 2. The molecule has 1 heterocycles. The molecule has 1 aromatic heterocycles. The molecule has 19 heavy (non-hydrogen) atoms. The third kappa shape index (κ3) is 6.44. The number of ether oxygens (including phenoxy) is 1. The SMILES string of the molecule is CC(C)(C)OC(=O)NC(CC(=O)O)Cc1cnc[nH]1. The first-order chi connectivity index (χ1) is 8.76. The molecule has 1 aromatic rings. The minimum Gasteiger partial charge on any atom is -0.481 e. The fourth-order valence-corrected chi connectivity index (χ4v) is 1.52. The zero-order valence-corrected chi connectivity index (χ0v) is 11.3. The molecule has 0 aliphatic carbocycles. The summed E-state index contributed by atoms with van der Waals surface area (Å²) < 4.78 is 5.10. The Hall–Kier alpha value is -2.05. The van der Waals surface area contributed by atoms with Gasteiger partial charge in [-0.2, -0.15) is 0 Å². The van der Waals surface area contributed by atoms with E-state index in [1.165, 1.54) is 6.33 Å². The monoisotopic (exact) mass is 269 g/mol. The molecule has 1 rings (SSSR count). The fourth-order valence-electron chi connectivity index (χ4n) is 1.52. The van der Waals surface area contributed by atoms with Crippen molar-refractivity contribution in [3.8, 4) is 0 Å². The molecule has 106 valence electrons. The Morgan fingerprint density at radius 3 is 2.68 bits per heavy atom. The Balaban J connectivity index is 2.59. The summed E-state index contributed by atoms with van der Waals surface area (Å²) in [5.74, 6) is -0.986. The molecule has 1 unspecified atom stereocenters. The Kier molecular flexibility index (Phi) is 4.91. The van der Waals surface area contributed by atoms with Gasteiger partial charge in [0.2, 0.25) is 0 Å². The molecular formula is C12H19N3O4. The Bertz CT molecular complexity index is 423. The van der Waals surface area contributed by atoms with Crippen LogP contribution in [0.15, 0.2) is 12.5 Å². The molecule has 1 amide bonds. The van der Waals surface area contributed by atoms with Gasteiger partial charge in [0.05, 0.1) is 12.7 Å². The molecule has 7 heteroatoms. The second kappa shape index (κ2) is 6.21. The van der Waals surface area contributed by atoms with Crippen LogP contribution >= 0.6 is 0 Å². The first-order valence-corrected chi connectivity index (χ1v) is 5.95. The summed E-state index contributed by atoms with van der Waals surface area (Å²) in [7, 11) is 0. The number of hydrogen-bond donors (Lipinski definition) is 3. The smallest absolute Gasteiger partial charge is 0.407 e. The highest BCUT2D eigenvalue weighted by molar-refractivity contribution is 5.71. The maximum Gasteiger partial charge on any atom is 0.407 e. The van der Waals surface area contributed by atoms with Gasteiger partial charge >= 0.3 is 12.1 Å². The lowest BCUT2D eigenvalue weighted by molar-refractivity contribution is -0.137. The van der Waals surface area contributed by atoms with Crippen LogP contribution in [0.5, 0.6) is 0 Å². The second-order valence-corrected chi connectivity index (χ2v) is 5.22. The molecule has 0 aliphatic rings. The summed E-state index contributed by atoms with van der Waals surface area (Å²) >= 11 is 0. The number of aromatic amines is 1. The van der Waals surface area contributed by atoms with Gasteiger partial charge < -0.3 is 20.1 Å². The number of H-pyrrole nitrogens is 1. The van der Waals surface area contributed by atoms with Crippen LogP contribution in [-0.4, -0.2) is 38.8 Å². The summed E-state index contributed by atoms with van der Waals surface area (Å²) in [5, 5.41) is 11.4. The zero-order valence-electron chi connectivity index (χ0n) is 11.3. The molecule has 1 atom stereocenters. The first kappa shape index (κ1) is 15.0. The van der Waals surface area contributed by atoms with Crippen molar-refractivity contribution in [3.63, 3.8) is 0 Å². The van der Waals surface area contributed by atoms with Crippen LogP contribution in [0, 0.1) is 0 Å². The molecule has 0 saturated heterocycles. The molecule has 0 bridgehead atoms. The van der Waals surface area contributed by atoms with Gasteiger partial charge in [0.25, 0.3) is 0 Å². The number of nitrogens with zero attached hydrogens (tertiary/aromatic N) is 1. The molecule has 0 aliphatic heterocycles. The maximum absolute atomic E-state index is 11.6. The highest BCUT2D eigenvalue weighted by atomic mass is 16.6. The Morgan fingerprint density at radius 1 is 1.53 bits per heavy atom. The van der Waals surface area contributed by atoms with Gasteiger partial charge in [-0.1, -0.05) is 0 Å². The van der Waals surface area contributed by atoms with Gasteiger partial charge in [0, 0.05) is 24.4 Å². The minimum atomic E-state index is -0.986. The van der Waals surface area contributed by atoms with Gasteiger partial charge in [0.1, 0.15) is 5.60 Å². The van der Waals surface area contributed by atoms with Crippen LogP contribution in [0.4, 0.5) is 4.79 Å². The van der Waals surface area contributed by atoms with E-state index in [-0.39, 0.29) is 6.42 Å². The van der Waals surface area contributed by atoms with Crippen molar-refractivity contribution in [3.05, 3.63) is 18.2 Å². The van der Waals surface area contributed by atoms with E-state index >= 15 is 0 Å². The number of alkyl carbamates (subject to hydrolysis) is 1. The number of nitrogens with one attached hydrogen (secondary N) is 2. The molecule has 0 radical (unpaired) electrons. The van der Waals surface area contributed by atoms with Crippen LogP contribution in [0.3, 0.4) is 0 Å². The van der Waals surface area contributed by atoms with Crippen molar-refractivity contribution in [2.45, 2.75) is 45.3 Å². The van der Waals surface area contributed by atoms with E-state index in [2.05, 4.69) is 15.3 Å². The summed E-state index contributed by atoms with van der Waals surface area (Å²) in [6.45, 7) is 5.23. The third-order valence-electron chi connectivity index (χ3n) is 2.16. The Morgan fingerprint density at radius 2 is 2.21 bits per heavy atom. The number of carbonyl (C=O) groups excluding carboxylic acids is 1. The first-order valence-electron chi connectivity index (χ1n) is 5.95. The number of hydrogen-bond acceptors (Lipinski definition) is 4. The lowest BCUT2D eigenvalue weighted by atomic mass is 10.1. The molecule has 0 fully saturated rings. The number of amides is 1. The van der Waals surface area contributed by atoms with Crippen molar-refractivity contribution in [2.24, 2.45) is 0 Å². The zero-order chi connectivity index (χ0) is 14.5. The summed E-state index contributed by atoms with van der Waals surface area (Å²) in [6, 6.07) is -0.548. The van der Waals surface area contributed by atoms with Crippen LogP contribution in [0.1, 0.15) is 32.9 Å². The van der Waals surface area contributed by atoms with Crippen molar-refractivity contribution in [1.29, 1.82) is 0 Å². The van der Waals surface area contributed by atoms with Crippen molar-refractivity contribution in [1.82, 2.24) is 15.3 Å². The molecule has 0 saturated carbocycles. The summed E-state index contributed by atoms with van der Waals surface area (Å²) in [4.78, 5) is 29.1. The van der Waals surface area contributed by atoms with Crippen molar-refractivity contribution >= 4 is 12.1 Å². The van der Waals surface area contributed by atoms with E-state index < -0.39 is 23.7 Å². The second-order valence-electron chi connectivity index (χ2n) is 5.22. The van der Waals surface area contributed by atoms with Gasteiger partial charge in [0.15, 0.2) is 0 Å². The standard InChI is InChI=1S/C12H19N3O4/c1-12(2,3)19-11(18)15-8(5-10(16)17)4-9-6-13-7-14-9/h6-8H,4-5H2,1-3H3,(H,13,14)(H,15,18)(H,16,17). The third-order valence-corrected chi connectivity index (χ3v) is 2.16. The van der Waals surface area contributed by atoms with Gasteiger partial charge in [-0.25, -0.2) is 9.78 Å². The van der Waals surface area contributed by atoms with E-state index in [4.69, 9.17) is 9.84 Å². The largest absolute Gasteiger partial charge is 0.481 e. The van der Waals surface area contributed by atoms with E-state index in [1.807, 2.05) is 0 Å². The summed E-state index contributed by atoms with van der Waals surface area (Å²) in [5.41, 5.74) is 0.133. The molecular weight excluding hydrogens is 250 g/mol. The summed E-state index contributed by atoms with van der Waals surface area (Å²) in [6.07, 6.45) is 2.63. The van der Waals surface area contributed by atoms with E-state index in [0.29, 0.717) is 6.42 Å². The fraction of sp³-hybridized carbons (Fsp3) is 0.583. The number of aliphatic carboxylic acids is 1. The number of carboxylic acids is 1. The molecule has 7 nitrogen and oxygen atoms in total. The van der Waals surface area contributed by atoms with Crippen LogP contribution in [-0.2, 0) is 16.0 Å². The van der Waals surface area contributed by atoms with E-state index in [1.54, 1.807) is 27.0 Å². The van der Waals surface area contributed by atoms with E-state index in [9.17, 15) is 9.59 Å². The molecule has 0 aromatic carbocycles. The lowest BCUT2D eigenvalue weighted by Gasteiger charge is -2.22. The number of aromatic nitrogens is 2. The average Bonchev–Trinajstić information content (AvgIpc) is 2.65. The minimum absolute atomic E-state index is 0.182. The van der Waals surface area contributed by atoms with Crippen LogP contribution in [0.2, 0.25) is 0 Å². The Labute approximate surface area is 111 Å². The average molecular weight is 269 g/mol. The number of carboxylic acid groups (broad SMARTS) is 1. The predicted molar refractivity (Wildman–Crippen MR) is 67.7 cm³/mol. The number of imidazole rings is 1. The van der Waals surface area contributed by atoms with Gasteiger partial charge in [-0.15, -0.1) is 0 Å². The van der Waals surface area contributed by atoms with Crippen LogP contribution < -0.4 is 5.32 Å². The topological polar surface area (TPSA) is 104 Å². The number of rotatable bonds is 5. The predicted octanol–water partition coefficient (Wildman–Crippen LogP) is 1.32. The maximum atomic E-state index is 11.6. The lowest BCUT2D eigenvalue weighted by Crippen LogP contribution is -2.41. The van der Waals surface area contributed by atoms with Gasteiger partial charge in [-0.05, 0) is 20.8 Å². The highest BCUT2D eigenvalue weighted by Gasteiger charge is 2.21.